The minimum atomic E-state index is -0.929. The average Bonchev–Trinajstić information content (AvgIpc) is 2.15. The summed E-state index contributed by atoms with van der Waals surface area (Å²) in [5.41, 5.74) is 3.00. The number of nitrogens with one attached hydrogen (secondary N) is 1. The minimum absolute atomic E-state index is 0.923. The van der Waals surface area contributed by atoms with Gasteiger partial charge in [0.1, 0.15) is 0 Å². The molecule has 0 amide bonds. The van der Waals surface area contributed by atoms with E-state index in [9.17, 15) is 4.79 Å². The quantitative estimate of drug-likeness (QED) is 0.719. The molecular formula is C11H13NO2. The molecule has 1 aromatic carbocycles. The number of rotatable bonds is 3. The van der Waals surface area contributed by atoms with Gasteiger partial charge in [-0.25, -0.2) is 4.79 Å². The molecule has 3 nitrogen and oxygen atoms in total. The zero-order chi connectivity index (χ0) is 10.6. The van der Waals surface area contributed by atoms with E-state index in [0.29, 0.717) is 0 Å². The Morgan fingerprint density at radius 3 is 2.71 bits per heavy atom. The second-order valence-electron chi connectivity index (χ2n) is 2.99. The predicted molar refractivity (Wildman–Crippen MR) is 57.4 cm³/mol. The lowest BCUT2D eigenvalue weighted by molar-refractivity contribution is -0.131. The maximum Gasteiger partial charge on any atom is 0.328 e. The van der Waals surface area contributed by atoms with Crippen molar-refractivity contribution in [2.45, 2.75) is 6.92 Å². The fourth-order valence-corrected chi connectivity index (χ4v) is 1.18. The minimum Gasteiger partial charge on any atom is -0.478 e. The van der Waals surface area contributed by atoms with Crippen molar-refractivity contribution in [2.75, 3.05) is 12.4 Å². The van der Waals surface area contributed by atoms with Crippen LogP contribution in [0.5, 0.6) is 0 Å². The Morgan fingerprint density at radius 1 is 1.50 bits per heavy atom. The van der Waals surface area contributed by atoms with Gasteiger partial charge in [0.25, 0.3) is 0 Å². The van der Waals surface area contributed by atoms with Gasteiger partial charge in [-0.2, -0.15) is 0 Å². The summed E-state index contributed by atoms with van der Waals surface area (Å²) in [5.74, 6) is -0.929. The number of carboxylic acid groups (broad SMARTS) is 1. The highest BCUT2D eigenvalue weighted by Gasteiger charge is 1.96. The first-order chi connectivity index (χ1) is 6.63. The van der Waals surface area contributed by atoms with E-state index in [-0.39, 0.29) is 0 Å². The van der Waals surface area contributed by atoms with Gasteiger partial charge in [0.15, 0.2) is 0 Å². The molecule has 0 heterocycles. The van der Waals surface area contributed by atoms with Gasteiger partial charge in [-0.3, -0.25) is 0 Å². The van der Waals surface area contributed by atoms with Crippen LogP contribution in [0.4, 0.5) is 5.69 Å². The molecule has 0 unspecified atom stereocenters. The summed E-state index contributed by atoms with van der Waals surface area (Å²) >= 11 is 0. The lowest BCUT2D eigenvalue weighted by Gasteiger charge is -2.04. The van der Waals surface area contributed by atoms with E-state index in [1.54, 1.807) is 6.08 Å². The van der Waals surface area contributed by atoms with Gasteiger partial charge in [-0.05, 0) is 36.3 Å². The molecule has 14 heavy (non-hydrogen) atoms. The smallest absolute Gasteiger partial charge is 0.328 e. The Balaban J connectivity index is 2.94. The van der Waals surface area contributed by atoms with E-state index < -0.39 is 5.97 Å². The highest BCUT2D eigenvalue weighted by atomic mass is 16.4. The largest absolute Gasteiger partial charge is 0.478 e. The Morgan fingerprint density at radius 2 is 2.21 bits per heavy atom. The molecule has 1 rings (SSSR count). The number of benzene rings is 1. The summed E-state index contributed by atoms with van der Waals surface area (Å²) in [6.45, 7) is 1.95. The summed E-state index contributed by atoms with van der Waals surface area (Å²) in [7, 11) is 1.85. The second-order valence-corrected chi connectivity index (χ2v) is 2.99. The molecule has 0 aliphatic rings. The molecule has 3 heteroatoms. The van der Waals surface area contributed by atoms with Crippen LogP contribution in [0, 0.1) is 6.92 Å². The van der Waals surface area contributed by atoms with Gasteiger partial charge < -0.3 is 10.4 Å². The van der Waals surface area contributed by atoms with E-state index >= 15 is 0 Å². The van der Waals surface area contributed by atoms with Crippen molar-refractivity contribution in [3.05, 3.63) is 35.4 Å². The van der Waals surface area contributed by atoms with E-state index in [4.69, 9.17) is 5.11 Å². The Kier molecular flexibility index (Phi) is 3.29. The number of hydrogen-bond donors (Lipinski definition) is 2. The first-order valence-corrected chi connectivity index (χ1v) is 4.33. The number of carbonyl (C=O) groups is 1. The number of carboxylic acids is 1. The summed E-state index contributed by atoms with van der Waals surface area (Å²) in [6, 6.07) is 5.77. The van der Waals surface area contributed by atoms with Crippen LogP contribution in [0.15, 0.2) is 24.3 Å². The number of hydrogen-bond acceptors (Lipinski definition) is 2. The van der Waals surface area contributed by atoms with E-state index in [1.807, 2.05) is 32.2 Å². The average molecular weight is 191 g/mol. The van der Waals surface area contributed by atoms with Crippen LogP contribution >= 0.6 is 0 Å². The Hall–Kier alpha value is -1.77. The van der Waals surface area contributed by atoms with Crippen LogP contribution in [0.3, 0.4) is 0 Å². The molecule has 2 N–H and O–H groups in total. The summed E-state index contributed by atoms with van der Waals surface area (Å²) in [5, 5.41) is 11.5. The Labute approximate surface area is 83.1 Å². The van der Waals surface area contributed by atoms with Gasteiger partial charge in [0.2, 0.25) is 0 Å². The number of anilines is 1. The van der Waals surface area contributed by atoms with Crippen molar-refractivity contribution in [3.8, 4) is 0 Å². The molecule has 0 saturated carbocycles. The maximum atomic E-state index is 10.3. The zero-order valence-electron chi connectivity index (χ0n) is 8.24. The van der Waals surface area contributed by atoms with Gasteiger partial charge in [0, 0.05) is 18.8 Å². The predicted octanol–water partition coefficient (Wildman–Crippen LogP) is 2.13. The van der Waals surface area contributed by atoms with Crippen LogP contribution in [0.25, 0.3) is 6.08 Å². The third-order valence-corrected chi connectivity index (χ3v) is 1.96. The van der Waals surface area contributed by atoms with Crippen molar-refractivity contribution >= 4 is 17.7 Å². The topological polar surface area (TPSA) is 49.3 Å². The molecule has 0 spiro atoms. The molecule has 0 saturated heterocycles. The van der Waals surface area contributed by atoms with Crippen molar-refractivity contribution in [1.82, 2.24) is 0 Å². The fourth-order valence-electron chi connectivity index (χ4n) is 1.18. The van der Waals surface area contributed by atoms with Crippen molar-refractivity contribution in [2.24, 2.45) is 0 Å². The summed E-state index contributed by atoms with van der Waals surface area (Å²) in [4.78, 5) is 10.3. The number of aliphatic carboxylic acids is 1. The van der Waals surface area contributed by atoms with Gasteiger partial charge >= 0.3 is 5.97 Å². The first kappa shape index (κ1) is 10.3. The standard InChI is InChI=1S/C11H13NO2/c1-8-7-10(12-2)5-3-9(8)4-6-11(13)14/h3-7,12H,1-2H3,(H,13,14)/b6-4+. The SMILES string of the molecule is CNc1ccc(/C=C/C(=O)O)c(C)c1. The van der Waals surface area contributed by atoms with Crippen molar-refractivity contribution in [3.63, 3.8) is 0 Å². The van der Waals surface area contributed by atoms with Crippen LogP contribution < -0.4 is 5.32 Å². The molecule has 0 aromatic heterocycles. The number of aryl methyl sites for hydroxylation is 1. The lowest BCUT2D eigenvalue weighted by Crippen LogP contribution is -1.90. The van der Waals surface area contributed by atoms with Gasteiger partial charge in [-0.15, -0.1) is 0 Å². The summed E-state index contributed by atoms with van der Waals surface area (Å²) < 4.78 is 0. The van der Waals surface area contributed by atoms with Crippen LogP contribution in [-0.2, 0) is 4.79 Å². The van der Waals surface area contributed by atoms with E-state index in [1.165, 1.54) is 0 Å². The molecular weight excluding hydrogens is 178 g/mol. The molecule has 0 aliphatic carbocycles. The molecule has 74 valence electrons. The fraction of sp³-hybridized carbons (Fsp3) is 0.182. The highest BCUT2D eigenvalue weighted by Crippen LogP contribution is 2.15. The monoisotopic (exact) mass is 191 g/mol. The second kappa shape index (κ2) is 4.46. The molecule has 0 atom stereocenters. The van der Waals surface area contributed by atoms with Gasteiger partial charge in [-0.1, -0.05) is 6.07 Å². The molecule has 0 fully saturated rings. The van der Waals surface area contributed by atoms with Crippen molar-refractivity contribution in [1.29, 1.82) is 0 Å². The normalized spacial score (nSPS) is 10.4. The molecule has 0 radical (unpaired) electrons. The van der Waals surface area contributed by atoms with Crippen molar-refractivity contribution < 1.29 is 9.90 Å². The van der Waals surface area contributed by atoms with Crippen LogP contribution in [-0.4, -0.2) is 18.1 Å². The van der Waals surface area contributed by atoms with Gasteiger partial charge in [0.05, 0.1) is 0 Å². The lowest BCUT2D eigenvalue weighted by atomic mass is 10.1. The first-order valence-electron chi connectivity index (χ1n) is 4.33. The van der Waals surface area contributed by atoms with Crippen LogP contribution in [0.2, 0.25) is 0 Å². The van der Waals surface area contributed by atoms with Crippen LogP contribution in [0.1, 0.15) is 11.1 Å². The molecule has 0 bridgehead atoms. The Bertz CT molecular complexity index is 370. The third-order valence-electron chi connectivity index (χ3n) is 1.96. The molecule has 1 aromatic rings. The maximum absolute atomic E-state index is 10.3. The summed E-state index contributed by atoms with van der Waals surface area (Å²) in [6.07, 6.45) is 2.73. The molecule has 0 aliphatic heterocycles. The van der Waals surface area contributed by atoms with E-state index in [2.05, 4.69) is 5.32 Å². The third kappa shape index (κ3) is 2.62. The van der Waals surface area contributed by atoms with E-state index in [0.717, 1.165) is 22.9 Å². The highest BCUT2D eigenvalue weighted by molar-refractivity contribution is 5.85. The zero-order valence-corrected chi connectivity index (χ0v) is 8.24.